The van der Waals surface area contributed by atoms with Crippen LogP contribution in [0.3, 0.4) is 0 Å². The van der Waals surface area contributed by atoms with Gasteiger partial charge in [-0.25, -0.2) is 9.97 Å². The third kappa shape index (κ3) is 4.45. The van der Waals surface area contributed by atoms with Gasteiger partial charge in [0.05, 0.1) is 18.2 Å². The number of fused-ring (bicyclic) bond motifs is 1. The fraction of sp³-hybridized carbons (Fsp3) is 0.235. The summed E-state index contributed by atoms with van der Waals surface area (Å²) in [5.74, 6) is 0.323. The summed E-state index contributed by atoms with van der Waals surface area (Å²) in [4.78, 5) is 19.2. The molecule has 3 aromatic rings. The molecule has 2 N–H and O–H groups in total. The number of pyridine rings is 1. The maximum absolute atomic E-state index is 12.3. The van der Waals surface area contributed by atoms with Crippen molar-refractivity contribution in [2.45, 2.75) is 12.6 Å². The number of rotatable bonds is 7. The quantitative estimate of drug-likeness (QED) is 0.583. The van der Waals surface area contributed by atoms with Crippen LogP contribution in [-0.4, -0.2) is 36.2 Å². The van der Waals surface area contributed by atoms with Crippen molar-refractivity contribution in [3.8, 4) is 17.0 Å². The molecule has 1 aromatic carbocycles. The first kappa shape index (κ1) is 18.9. The van der Waals surface area contributed by atoms with Crippen molar-refractivity contribution in [1.82, 2.24) is 9.97 Å². The fourth-order valence-corrected chi connectivity index (χ4v) is 3.45. The van der Waals surface area contributed by atoms with E-state index in [9.17, 15) is 18.0 Å². The number of amides is 1. The number of benzene rings is 1. The first-order valence-electron chi connectivity index (χ1n) is 7.86. The number of thiazole rings is 1. The van der Waals surface area contributed by atoms with E-state index in [1.54, 1.807) is 24.4 Å². The van der Waals surface area contributed by atoms with E-state index in [2.05, 4.69) is 20.6 Å². The van der Waals surface area contributed by atoms with Gasteiger partial charge >= 0.3 is 6.18 Å². The van der Waals surface area contributed by atoms with Crippen LogP contribution < -0.4 is 15.4 Å². The maximum Gasteiger partial charge on any atom is 0.390 e. The van der Waals surface area contributed by atoms with Crippen LogP contribution >= 0.6 is 11.3 Å². The van der Waals surface area contributed by atoms with E-state index in [-0.39, 0.29) is 6.54 Å². The van der Waals surface area contributed by atoms with Crippen molar-refractivity contribution in [2.24, 2.45) is 0 Å². The number of anilines is 2. The molecule has 1 amide bonds. The maximum atomic E-state index is 12.3. The highest BCUT2D eigenvalue weighted by atomic mass is 32.1. The Morgan fingerprint density at radius 3 is 2.85 bits per heavy atom. The van der Waals surface area contributed by atoms with Crippen LogP contribution in [0.2, 0.25) is 0 Å². The molecule has 0 radical (unpaired) electrons. The second kappa shape index (κ2) is 7.78. The largest absolute Gasteiger partial charge is 0.479 e. The van der Waals surface area contributed by atoms with Crippen molar-refractivity contribution in [3.63, 3.8) is 0 Å². The molecule has 6 nitrogen and oxygen atoms in total. The van der Waals surface area contributed by atoms with Crippen LogP contribution in [0.25, 0.3) is 21.3 Å². The number of nitrogens with zero attached hydrogens (tertiary/aromatic N) is 2. The Hall–Kier alpha value is -2.88. The highest BCUT2D eigenvalue weighted by molar-refractivity contribution is 7.22. The fourth-order valence-electron chi connectivity index (χ4n) is 2.50. The molecule has 2 heterocycles. The smallest absolute Gasteiger partial charge is 0.390 e. The lowest BCUT2D eigenvalue weighted by molar-refractivity contribution is -0.131. The van der Waals surface area contributed by atoms with Crippen LogP contribution in [0, 0.1) is 0 Å². The summed E-state index contributed by atoms with van der Waals surface area (Å²) in [7, 11) is 1.47. The SMILES string of the molecule is COc1ncc(-c2cccc(NCCC(F)(F)F)c2)c2sc(NC=O)nc12. The highest BCUT2D eigenvalue weighted by Crippen LogP contribution is 2.38. The standard InChI is InChI=1S/C17H15F3N4O2S/c1-26-15-13-14(27-16(24-13)23-9-25)12(8-22-15)10-3-2-4-11(7-10)21-6-5-17(18,19)20/h2-4,7-9,21H,5-6H2,1H3,(H,23,24,25). The summed E-state index contributed by atoms with van der Waals surface area (Å²) in [5, 5.41) is 5.67. The van der Waals surface area contributed by atoms with E-state index in [0.717, 1.165) is 15.8 Å². The van der Waals surface area contributed by atoms with Crippen molar-refractivity contribution >= 4 is 38.8 Å². The lowest BCUT2D eigenvalue weighted by atomic mass is 10.1. The lowest BCUT2D eigenvalue weighted by Gasteiger charge is -2.11. The summed E-state index contributed by atoms with van der Waals surface area (Å²) < 4.78 is 42.9. The van der Waals surface area contributed by atoms with Crippen LogP contribution in [-0.2, 0) is 4.79 Å². The van der Waals surface area contributed by atoms with Crippen molar-refractivity contribution in [2.75, 3.05) is 24.3 Å². The molecule has 0 spiro atoms. The zero-order valence-corrected chi connectivity index (χ0v) is 14.9. The Morgan fingerprint density at radius 2 is 2.15 bits per heavy atom. The highest BCUT2D eigenvalue weighted by Gasteiger charge is 2.26. The molecule has 0 fully saturated rings. The van der Waals surface area contributed by atoms with Crippen molar-refractivity contribution < 1.29 is 22.7 Å². The van der Waals surface area contributed by atoms with Gasteiger partial charge in [-0.3, -0.25) is 4.79 Å². The molecule has 2 aromatic heterocycles. The normalized spacial score (nSPS) is 11.4. The number of halogens is 3. The van der Waals surface area contributed by atoms with E-state index in [0.29, 0.717) is 28.6 Å². The summed E-state index contributed by atoms with van der Waals surface area (Å²) in [6.07, 6.45) is -2.98. The monoisotopic (exact) mass is 396 g/mol. The number of carbonyl (C=O) groups is 1. The van der Waals surface area contributed by atoms with Gasteiger partial charge in [0, 0.05) is 24.0 Å². The second-order valence-electron chi connectivity index (χ2n) is 5.51. The van der Waals surface area contributed by atoms with Gasteiger partial charge in [-0.15, -0.1) is 0 Å². The van der Waals surface area contributed by atoms with Crippen molar-refractivity contribution in [1.29, 1.82) is 0 Å². The summed E-state index contributed by atoms with van der Waals surface area (Å²) in [6.45, 7) is -0.211. The number of ether oxygens (including phenoxy) is 1. The summed E-state index contributed by atoms with van der Waals surface area (Å²) in [5.41, 5.74) is 2.56. The topological polar surface area (TPSA) is 76.1 Å². The molecule has 0 unspecified atom stereocenters. The number of carbonyl (C=O) groups excluding carboxylic acids is 1. The predicted octanol–water partition coefficient (Wildman–Crippen LogP) is 4.30. The Morgan fingerprint density at radius 1 is 1.33 bits per heavy atom. The number of hydrogen-bond donors (Lipinski definition) is 2. The van der Waals surface area contributed by atoms with Gasteiger partial charge in [0.15, 0.2) is 5.13 Å². The molecule has 0 bridgehead atoms. The second-order valence-corrected chi connectivity index (χ2v) is 6.51. The Balaban J connectivity index is 1.95. The molecule has 0 saturated heterocycles. The van der Waals surface area contributed by atoms with Gasteiger partial charge in [0.2, 0.25) is 12.3 Å². The third-order valence-electron chi connectivity index (χ3n) is 3.67. The van der Waals surface area contributed by atoms with E-state index in [1.165, 1.54) is 18.4 Å². The van der Waals surface area contributed by atoms with Gasteiger partial charge in [0.25, 0.3) is 0 Å². The first-order valence-corrected chi connectivity index (χ1v) is 8.67. The van der Waals surface area contributed by atoms with E-state index in [4.69, 9.17) is 4.74 Å². The Bertz CT molecular complexity index is 959. The summed E-state index contributed by atoms with van der Waals surface area (Å²) >= 11 is 1.26. The zero-order valence-electron chi connectivity index (χ0n) is 14.1. The molecular weight excluding hydrogens is 381 g/mol. The zero-order chi connectivity index (χ0) is 19.4. The molecule has 0 saturated carbocycles. The molecule has 0 atom stereocenters. The van der Waals surface area contributed by atoms with E-state index in [1.807, 2.05) is 6.07 Å². The van der Waals surface area contributed by atoms with Crippen LogP contribution in [0.15, 0.2) is 30.5 Å². The minimum Gasteiger partial charge on any atom is -0.479 e. The minimum absolute atomic E-state index is 0.211. The average molecular weight is 396 g/mol. The molecule has 10 heteroatoms. The van der Waals surface area contributed by atoms with E-state index >= 15 is 0 Å². The number of methoxy groups -OCH3 is 1. The molecule has 27 heavy (non-hydrogen) atoms. The molecule has 0 aliphatic carbocycles. The molecular formula is C17H15F3N4O2S. The van der Waals surface area contributed by atoms with Gasteiger partial charge in [-0.05, 0) is 17.7 Å². The van der Waals surface area contributed by atoms with Gasteiger partial charge in [-0.2, -0.15) is 13.2 Å². The van der Waals surface area contributed by atoms with Crippen LogP contribution in [0.4, 0.5) is 24.0 Å². The molecule has 3 rings (SSSR count). The number of nitrogens with one attached hydrogen (secondary N) is 2. The summed E-state index contributed by atoms with van der Waals surface area (Å²) in [6, 6.07) is 7.00. The number of aromatic nitrogens is 2. The lowest BCUT2D eigenvalue weighted by Crippen LogP contribution is -2.14. The van der Waals surface area contributed by atoms with Gasteiger partial charge in [0.1, 0.15) is 5.52 Å². The molecule has 142 valence electrons. The van der Waals surface area contributed by atoms with Crippen LogP contribution in [0.1, 0.15) is 6.42 Å². The van der Waals surface area contributed by atoms with Gasteiger partial charge in [-0.1, -0.05) is 23.5 Å². The number of alkyl halides is 3. The Kier molecular flexibility index (Phi) is 5.45. The molecule has 0 aliphatic heterocycles. The first-order chi connectivity index (χ1) is 12.9. The van der Waals surface area contributed by atoms with E-state index < -0.39 is 12.6 Å². The van der Waals surface area contributed by atoms with Gasteiger partial charge < -0.3 is 15.4 Å². The minimum atomic E-state index is -4.21. The average Bonchev–Trinajstić information content (AvgIpc) is 3.04. The Labute approximate surface area is 156 Å². The molecule has 0 aliphatic rings. The van der Waals surface area contributed by atoms with Crippen LogP contribution in [0.5, 0.6) is 5.88 Å². The van der Waals surface area contributed by atoms with Crippen molar-refractivity contribution in [3.05, 3.63) is 30.5 Å². The predicted molar refractivity (Wildman–Crippen MR) is 98.3 cm³/mol. The third-order valence-corrected chi connectivity index (χ3v) is 4.69. The number of hydrogen-bond acceptors (Lipinski definition) is 6.